The zero-order valence-corrected chi connectivity index (χ0v) is 14.6. The van der Waals surface area contributed by atoms with Gasteiger partial charge in [0.05, 0.1) is 16.8 Å². The van der Waals surface area contributed by atoms with Crippen LogP contribution < -0.4 is 0 Å². The van der Waals surface area contributed by atoms with Crippen LogP contribution in [0.5, 0.6) is 0 Å². The smallest absolute Gasteiger partial charge is 0.419 e. The van der Waals surface area contributed by atoms with Gasteiger partial charge >= 0.3 is 12.3 Å². The summed E-state index contributed by atoms with van der Waals surface area (Å²) in [4.78, 5) is 12.8. The molecular weight excluding hydrogens is 343 g/mol. The van der Waals surface area contributed by atoms with Gasteiger partial charge in [0.1, 0.15) is 5.60 Å². The van der Waals surface area contributed by atoms with E-state index in [0.717, 1.165) is 12.1 Å². The number of ether oxygens (including phenoxy) is 1. The molecule has 0 aliphatic carbocycles. The Bertz CT molecular complexity index is 951. The molecule has 0 aliphatic heterocycles. The molecular formula is C20H18F3NO2. The Kier molecular flexibility index (Phi) is 4.30. The second-order valence-corrected chi connectivity index (χ2v) is 6.98. The predicted octanol–water partition coefficient (Wildman–Crippen LogP) is 6.11. The Labute approximate surface area is 149 Å². The van der Waals surface area contributed by atoms with Crippen molar-refractivity contribution in [2.45, 2.75) is 32.5 Å². The summed E-state index contributed by atoms with van der Waals surface area (Å²) in [6, 6.07) is 14.1. The summed E-state index contributed by atoms with van der Waals surface area (Å²) in [5.74, 6) is 0. The molecule has 0 atom stereocenters. The van der Waals surface area contributed by atoms with Crippen LogP contribution in [0.4, 0.5) is 18.0 Å². The molecule has 0 radical (unpaired) electrons. The highest BCUT2D eigenvalue weighted by molar-refractivity contribution is 5.96. The summed E-state index contributed by atoms with van der Waals surface area (Å²) in [7, 11) is 0. The van der Waals surface area contributed by atoms with E-state index in [1.807, 2.05) is 6.07 Å². The minimum Gasteiger partial charge on any atom is -0.443 e. The molecule has 0 saturated heterocycles. The molecule has 136 valence electrons. The van der Waals surface area contributed by atoms with Crippen LogP contribution in [0.25, 0.3) is 22.2 Å². The van der Waals surface area contributed by atoms with Gasteiger partial charge in [0.15, 0.2) is 0 Å². The summed E-state index contributed by atoms with van der Waals surface area (Å²) in [5, 5.41) is 0.530. The summed E-state index contributed by atoms with van der Waals surface area (Å²) in [5.41, 5.74) is -0.235. The van der Waals surface area contributed by atoms with Crippen LogP contribution in [-0.4, -0.2) is 16.3 Å². The first-order chi connectivity index (χ1) is 12.1. The van der Waals surface area contributed by atoms with Crippen molar-refractivity contribution in [3.05, 3.63) is 60.2 Å². The van der Waals surface area contributed by atoms with Crippen LogP contribution in [0.1, 0.15) is 26.3 Å². The van der Waals surface area contributed by atoms with E-state index in [9.17, 15) is 18.0 Å². The van der Waals surface area contributed by atoms with Gasteiger partial charge in [-0.3, -0.25) is 0 Å². The van der Waals surface area contributed by atoms with Crippen molar-refractivity contribution in [1.82, 2.24) is 4.57 Å². The van der Waals surface area contributed by atoms with Crippen LogP contribution >= 0.6 is 0 Å². The average molecular weight is 361 g/mol. The molecule has 0 aliphatic rings. The molecule has 2 aromatic carbocycles. The third-order valence-electron chi connectivity index (χ3n) is 3.78. The van der Waals surface area contributed by atoms with Gasteiger partial charge in [0.25, 0.3) is 0 Å². The molecule has 0 saturated carbocycles. The first kappa shape index (κ1) is 18.0. The summed E-state index contributed by atoms with van der Waals surface area (Å²) in [6.07, 6.45) is -5.21. The van der Waals surface area contributed by atoms with Gasteiger partial charge in [0, 0.05) is 5.39 Å². The lowest BCUT2D eigenvalue weighted by Gasteiger charge is -2.21. The normalized spacial score (nSPS) is 12.4. The molecule has 1 aromatic heterocycles. The molecule has 0 bridgehead atoms. The van der Waals surface area contributed by atoms with E-state index in [0.29, 0.717) is 16.6 Å². The lowest BCUT2D eigenvalue weighted by Crippen LogP contribution is -2.27. The van der Waals surface area contributed by atoms with Crippen LogP contribution in [0.15, 0.2) is 54.6 Å². The first-order valence-electron chi connectivity index (χ1n) is 8.08. The minimum absolute atomic E-state index is 0.160. The van der Waals surface area contributed by atoms with Crippen molar-refractivity contribution in [3.63, 3.8) is 0 Å². The van der Waals surface area contributed by atoms with Gasteiger partial charge in [-0.2, -0.15) is 13.2 Å². The van der Waals surface area contributed by atoms with Crippen molar-refractivity contribution < 1.29 is 22.7 Å². The molecule has 0 amide bonds. The fourth-order valence-corrected chi connectivity index (χ4v) is 2.70. The van der Waals surface area contributed by atoms with Gasteiger partial charge in [0.2, 0.25) is 0 Å². The Morgan fingerprint density at radius 2 is 1.62 bits per heavy atom. The van der Waals surface area contributed by atoms with E-state index in [-0.39, 0.29) is 5.52 Å². The number of rotatable bonds is 1. The van der Waals surface area contributed by atoms with Gasteiger partial charge in [-0.25, -0.2) is 9.36 Å². The minimum atomic E-state index is -4.50. The number of aromatic nitrogens is 1. The van der Waals surface area contributed by atoms with Crippen molar-refractivity contribution >= 4 is 17.0 Å². The van der Waals surface area contributed by atoms with E-state index in [1.54, 1.807) is 51.1 Å². The van der Waals surface area contributed by atoms with Crippen LogP contribution in [0.2, 0.25) is 0 Å². The Morgan fingerprint density at radius 1 is 0.962 bits per heavy atom. The third-order valence-corrected chi connectivity index (χ3v) is 3.78. The predicted molar refractivity (Wildman–Crippen MR) is 94.0 cm³/mol. The quantitative estimate of drug-likeness (QED) is 0.524. The van der Waals surface area contributed by atoms with Gasteiger partial charge in [-0.1, -0.05) is 36.4 Å². The van der Waals surface area contributed by atoms with Crippen LogP contribution in [0, 0.1) is 0 Å². The highest BCUT2D eigenvalue weighted by Crippen LogP contribution is 2.35. The molecule has 0 N–H and O–H groups in total. The summed E-state index contributed by atoms with van der Waals surface area (Å²) in [6.45, 7) is 5.12. The second-order valence-electron chi connectivity index (χ2n) is 6.98. The van der Waals surface area contributed by atoms with E-state index in [2.05, 4.69) is 0 Å². The topological polar surface area (TPSA) is 31.2 Å². The molecule has 3 nitrogen and oxygen atoms in total. The second kappa shape index (κ2) is 6.20. The lowest BCUT2D eigenvalue weighted by molar-refractivity contribution is -0.137. The maximum Gasteiger partial charge on any atom is 0.419 e. The van der Waals surface area contributed by atoms with Crippen molar-refractivity contribution in [2.75, 3.05) is 0 Å². The molecule has 0 spiro atoms. The number of benzene rings is 2. The SMILES string of the molecule is CC(C)(C)OC(=O)n1c(-c2ccccc2)cc2ccc(C(F)(F)F)cc21. The summed E-state index contributed by atoms with van der Waals surface area (Å²) < 4.78 is 46.0. The maximum absolute atomic E-state index is 13.1. The standard InChI is InChI=1S/C20H18F3NO2/c1-19(2,3)26-18(25)24-16(13-7-5-4-6-8-13)11-14-9-10-15(12-17(14)24)20(21,22)23/h4-12H,1-3H3. The van der Waals surface area contributed by atoms with Gasteiger partial charge in [-0.15, -0.1) is 0 Å². The number of nitrogens with zero attached hydrogens (tertiary/aromatic N) is 1. The van der Waals surface area contributed by atoms with Crippen LogP contribution in [0.3, 0.4) is 0 Å². The lowest BCUT2D eigenvalue weighted by atomic mass is 10.1. The number of alkyl halides is 3. The fourth-order valence-electron chi connectivity index (χ4n) is 2.70. The number of halogens is 3. The molecule has 6 heteroatoms. The zero-order valence-electron chi connectivity index (χ0n) is 14.6. The van der Waals surface area contributed by atoms with E-state index in [1.165, 1.54) is 10.6 Å². The van der Waals surface area contributed by atoms with Crippen molar-refractivity contribution in [2.24, 2.45) is 0 Å². The summed E-state index contributed by atoms with van der Waals surface area (Å²) >= 11 is 0. The molecule has 3 aromatic rings. The van der Waals surface area contributed by atoms with E-state index >= 15 is 0 Å². The number of hydrogen-bond acceptors (Lipinski definition) is 2. The van der Waals surface area contributed by atoms with E-state index < -0.39 is 23.4 Å². The highest BCUT2D eigenvalue weighted by Gasteiger charge is 2.32. The first-order valence-corrected chi connectivity index (χ1v) is 8.08. The average Bonchev–Trinajstić information content (AvgIpc) is 2.92. The number of carbonyl (C=O) groups is 1. The van der Waals surface area contributed by atoms with Gasteiger partial charge in [-0.05, 0) is 44.5 Å². The fraction of sp³-hybridized carbons (Fsp3) is 0.250. The van der Waals surface area contributed by atoms with Crippen molar-refractivity contribution in [1.29, 1.82) is 0 Å². The largest absolute Gasteiger partial charge is 0.443 e. The highest BCUT2D eigenvalue weighted by atomic mass is 19.4. The van der Waals surface area contributed by atoms with Crippen LogP contribution in [-0.2, 0) is 10.9 Å². The van der Waals surface area contributed by atoms with E-state index in [4.69, 9.17) is 4.74 Å². The molecule has 3 rings (SSSR count). The maximum atomic E-state index is 13.1. The third kappa shape index (κ3) is 3.59. The Hall–Kier alpha value is -2.76. The molecule has 0 fully saturated rings. The molecule has 1 heterocycles. The molecule has 0 unspecified atom stereocenters. The Balaban J connectivity index is 2.26. The number of hydrogen-bond donors (Lipinski definition) is 0. The number of carbonyl (C=O) groups excluding carboxylic acids is 1. The van der Waals surface area contributed by atoms with Crippen molar-refractivity contribution in [3.8, 4) is 11.3 Å². The monoisotopic (exact) mass is 361 g/mol. The Morgan fingerprint density at radius 3 is 2.19 bits per heavy atom. The molecule has 26 heavy (non-hydrogen) atoms. The zero-order chi connectivity index (χ0) is 19.1. The number of fused-ring (bicyclic) bond motifs is 1. The van der Waals surface area contributed by atoms with Gasteiger partial charge < -0.3 is 4.74 Å².